The highest BCUT2D eigenvalue weighted by Gasteiger charge is 2.17. The van der Waals surface area contributed by atoms with E-state index in [-0.39, 0.29) is 11.7 Å². The molecular formula is C24H23N5O3. The third kappa shape index (κ3) is 3.80. The van der Waals surface area contributed by atoms with Gasteiger partial charge in [0, 0.05) is 24.4 Å². The van der Waals surface area contributed by atoms with E-state index < -0.39 is 0 Å². The number of aromatic amines is 1. The fraction of sp³-hybridized carbons (Fsp3) is 0.250. The number of fused-ring (bicyclic) bond motifs is 1. The van der Waals surface area contributed by atoms with Crippen LogP contribution in [0.15, 0.2) is 41.0 Å². The maximum atomic E-state index is 12.6. The average molecular weight is 429 g/mol. The van der Waals surface area contributed by atoms with Crippen LogP contribution in [0.1, 0.15) is 39.7 Å². The first-order valence-electron chi connectivity index (χ1n) is 10.5. The van der Waals surface area contributed by atoms with Gasteiger partial charge < -0.3 is 19.5 Å². The van der Waals surface area contributed by atoms with Crippen molar-refractivity contribution in [1.82, 2.24) is 19.9 Å². The number of amides is 1. The highest BCUT2D eigenvalue weighted by atomic mass is 16.5. The first-order valence-corrected chi connectivity index (χ1v) is 10.5. The molecule has 0 fully saturated rings. The second-order valence-corrected chi connectivity index (χ2v) is 7.87. The largest absolute Gasteiger partial charge is 0.436 e. The summed E-state index contributed by atoms with van der Waals surface area (Å²) < 4.78 is 10.8. The number of carbonyl (C=O) groups is 1. The predicted molar refractivity (Wildman–Crippen MR) is 121 cm³/mol. The van der Waals surface area contributed by atoms with Crippen LogP contribution >= 0.6 is 0 Å². The molecule has 8 nitrogen and oxygen atoms in total. The van der Waals surface area contributed by atoms with Crippen LogP contribution in [-0.4, -0.2) is 39.1 Å². The number of nitrogens with one attached hydrogen (secondary N) is 2. The van der Waals surface area contributed by atoms with Crippen molar-refractivity contribution < 1.29 is 13.9 Å². The molecule has 32 heavy (non-hydrogen) atoms. The lowest BCUT2D eigenvalue weighted by Gasteiger charge is -2.13. The average Bonchev–Trinajstić information content (AvgIpc) is 3.37. The Morgan fingerprint density at radius 1 is 1.16 bits per heavy atom. The second kappa shape index (κ2) is 8.05. The Hall–Kier alpha value is -3.78. The van der Waals surface area contributed by atoms with E-state index in [0.29, 0.717) is 35.4 Å². The number of hydrogen-bond donors (Lipinski definition) is 2. The van der Waals surface area contributed by atoms with Gasteiger partial charge in [-0.15, -0.1) is 0 Å². The smallest absolute Gasteiger partial charge is 0.293 e. The van der Waals surface area contributed by atoms with E-state index in [1.165, 1.54) is 5.57 Å². The monoisotopic (exact) mass is 429 g/mol. The quantitative estimate of drug-likeness (QED) is 0.491. The first-order chi connectivity index (χ1) is 15.5. The van der Waals surface area contributed by atoms with Crippen molar-refractivity contribution in [3.05, 3.63) is 65.0 Å². The maximum absolute atomic E-state index is 12.6. The second-order valence-electron chi connectivity index (χ2n) is 7.87. The normalized spacial score (nSPS) is 13.9. The summed E-state index contributed by atoms with van der Waals surface area (Å²) in [6.07, 6.45) is 4.83. The van der Waals surface area contributed by atoms with Crippen LogP contribution in [0.5, 0.6) is 0 Å². The van der Waals surface area contributed by atoms with Crippen molar-refractivity contribution in [2.45, 2.75) is 27.2 Å². The zero-order valence-corrected chi connectivity index (χ0v) is 18.2. The molecule has 0 radical (unpaired) electrons. The van der Waals surface area contributed by atoms with E-state index in [9.17, 15) is 4.79 Å². The third-order valence-corrected chi connectivity index (χ3v) is 5.53. The van der Waals surface area contributed by atoms with Crippen LogP contribution in [0, 0.1) is 20.8 Å². The molecule has 1 amide bonds. The Kier molecular flexibility index (Phi) is 5.07. The molecule has 4 heterocycles. The molecule has 0 atom stereocenters. The van der Waals surface area contributed by atoms with Gasteiger partial charge in [-0.2, -0.15) is 0 Å². The number of H-pyrrole nitrogens is 1. The number of anilines is 1. The van der Waals surface area contributed by atoms with Gasteiger partial charge >= 0.3 is 0 Å². The summed E-state index contributed by atoms with van der Waals surface area (Å²) in [7, 11) is 0. The molecule has 1 aliphatic rings. The van der Waals surface area contributed by atoms with Crippen LogP contribution < -0.4 is 5.32 Å². The Balaban J connectivity index is 1.45. The fourth-order valence-corrected chi connectivity index (χ4v) is 3.88. The number of aromatic nitrogens is 4. The number of carbonyl (C=O) groups excluding carboxylic acids is 1. The lowest BCUT2D eigenvalue weighted by Crippen LogP contribution is -2.12. The Morgan fingerprint density at radius 2 is 2.03 bits per heavy atom. The number of ether oxygens (including phenoxy) is 1. The van der Waals surface area contributed by atoms with Gasteiger partial charge in [-0.3, -0.25) is 4.79 Å². The van der Waals surface area contributed by atoms with Gasteiger partial charge in [-0.25, -0.2) is 15.0 Å². The molecule has 4 aromatic rings. The number of hydrogen-bond acceptors (Lipinski definition) is 6. The van der Waals surface area contributed by atoms with E-state index in [0.717, 1.165) is 35.2 Å². The van der Waals surface area contributed by atoms with Gasteiger partial charge in [0.15, 0.2) is 11.5 Å². The van der Waals surface area contributed by atoms with Gasteiger partial charge in [0.25, 0.3) is 5.91 Å². The predicted octanol–water partition coefficient (Wildman–Crippen LogP) is 4.59. The SMILES string of the molecule is Cc1nc(C)c(C(=O)Nc2ccc(C)c(-c3nc4ncc(C5=CCOCC5)cc4[nH]3)c2)o1. The summed E-state index contributed by atoms with van der Waals surface area (Å²) in [6.45, 7) is 6.82. The molecule has 5 rings (SSSR count). The van der Waals surface area contributed by atoms with Gasteiger partial charge in [0.1, 0.15) is 5.82 Å². The molecule has 1 aliphatic heterocycles. The van der Waals surface area contributed by atoms with Gasteiger partial charge in [0.2, 0.25) is 5.76 Å². The zero-order valence-electron chi connectivity index (χ0n) is 18.2. The number of imidazole rings is 1. The number of benzene rings is 1. The van der Waals surface area contributed by atoms with Crippen LogP contribution in [0.2, 0.25) is 0 Å². The van der Waals surface area contributed by atoms with E-state index in [4.69, 9.17) is 9.15 Å². The minimum atomic E-state index is -0.335. The Morgan fingerprint density at radius 3 is 2.78 bits per heavy atom. The number of nitrogens with zero attached hydrogens (tertiary/aromatic N) is 3. The van der Waals surface area contributed by atoms with Crippen LogP contribution in [0.25, 0.3) is 28.1 Å². The summed E-state index contributed by atoms with van der Waals surface area (Å²) in [5.74, 6) is 1.04. The molecule has 162 valence electrons. The fourth-order valence-electron chi connectivity index (χ4n) is 3.88. The number of pyridine rings is 1. The Bertz CT molecular complexity index is 1370. The van der Waals surface area contributed by atoms with Crippen molar-refractivity contribution in [2.24, 2.45) is 0 Å². The van der Waals surface area contributed by atoms with Crippen LogP contribution in [0.3, 0.4) is 0 Å². The first kappa shape index (κ1) is 20.1. The van der Waals surface area contributed by atoms with Crippen molar-refractivity contribution in [3.63, 3.8) is 0 Å². The molecule has 2 N–H and O–H groups in total. The minimum absolute atomic E-state index is 0.215. The number of oxazole rings is 1. The lowest BCUT2D eigenvalue weighted by atomic mass is 10.0. The summed E-state index contributed by atoms with van der Waals surface area (Å²) in [4.78, 5) is 29.4. The highest BCUT2D eigenvalue weighted by molar-refractivity contribution is 6.03. The summed E-state index contributed by atoms with van der Waals surface area (Å²) in [5.41, 5.74) is 6.95. The molecule has 0 bridgehead atoms. The van der Waals surface area contributed by atoms with Crippen molar-refractivity contribution >= 4 is 28.3 Å². The van der Waals surface area contributed by atoms with E-state index in [2.05, 4.69) is 37.4 Å². The third-order valence-electron chi connectivity index (χ3n) is 5.53. The molecule has 1 aromatic carbocycles. The number of rotatable bonds is 4. The van der Waals surface area contributed by atoms with Crippen LogP contribution in [0.4, 0.5) is 5.69 Å². The summed E-state index contributed by atoms with van der Waals surface area (Å²) in [5, 5.41) is 2.89. The molecule has 0 aliphatic carbocycles. The van der Waals surface area contributed by atoms with Gasteiger partial charge in [-0.05, 0) is 55.2 Å². The van der Waals surface area contributed by atoms with Crippen molar-refractivity contribution in [3.8, 4) is 11.4 Å². The minimum Gasteiger partial charge on any atom is -0.436 e. The topological polar surface area (TPSA) is 106 Å². The van der Waals surface area contributed by atoms with E-state index >= 15 is 0 Å². The maximum Gasteiger partial charge on any atom is 0.293 e. The molecule has 0 saturated heterocycles. The molecule has 0 saturated carbocycles. The summed E-state index contributed by atoms with van der Waals surface area (Å²) >= 11 is 0. The molecule has 3 aromatic heterocycles. The van der Waals surface area contributed by atoms with Crippen molar-refractivity contribution in [2.75, 3.05) is 18.5 Å². The molecule has 0 spiro atoms. The van der Waals surface area contributed by atoms with Crippen molar-refractivity contribution in [1.29, 1.82) is 0 Å². The standard InChI is InChI=1S/C24H23N5O3/c1-13-4-5-18(27-24(30)21-14(2)26-15(3)32-21)11-19(13)22-28-20-10-17(12-25-23(20)29-22)16-6-8-31-9-7-16/h4-6,10-12H,7-9H2,1-3H3,(H,27,30)(H,25,28,29). The summed E-state index contributed by atoms with van der Waals surface area (Å²) in [6, 6.07) is 7.77. The van der Waals surface area contributed by atoms with E-state index in [1.54, 1.807) is 13.8 Å². The Labute approximate surface area is 184 Å². The molecular weight excluding hydrogens is 406 g/mol. The van der Waals surface area contributed by atoms with Crippen LogP contribution in [-0.2, 0) is 4.74 Å². The van der Waals surface area contributed by atoms with Gasteiger partial charge in [0.05, 0.1) is 24.4 Å². The van der Waals surface area contributed by atoms with Gasteiger partial charge in [-0.1, -0.05) is 12.1 Å². The molecule has 8 heteroatoms. The zero-order chi connectivity index (χ0) is 22.2. The van der Waals surface area contributed by atoms with E-state index in [1.807, 2.05) is 31.3 Å². The molecule has 0 unspecified atom stereocenters. The number of aryl methyl sites for hydroxylation is 3. The highest BCUT2D eigenvalue weighted by Crippen LogP contribution is 2.28. The lowest BCUT2D eigenvalue weighted by molar-refractivity contribution is 0.0994.